The highest BCUT2D eigenvalue weighted by Gasteiger charge is 2.58. The summed E-state index contributed by atoms with van der Waals surface area (Å²) in [5.41, 5.74) is 6.09. The van der Waals surface area contributed by atoms with Gasteiger partial charge in [0, 0.05) is 0 Å². The lowest BCUT2D eigenvalue weighted by Crippen LogP contribution is -2.49. The minimum atomic E-state index is -0.0441. The Hall–Kier alpha value is -0.560. The Balaban J connectivity index is 1.50. The van der Waals surface area contributed by atoms with Crippen molar-refractivity contribution in [3.63, 3.8) is 0 Å². The van der Waals surface area contributed by atoms with Crippen LogP contribution in [-0.4, -0.2) is 11.2 Å². The molecule has 0 radical (unpaired) electrons. The maximum atomic E-state index is 10.3. The van der Waals surface area contributed by atoms with Crippen LogP contribution in [0.25, 0.3) is 0 Å². The molecule has 0 unspecified atom stereocenters. The molecule has 0 amide bonds. The molecule has 0 heterocycles. The molecule has 0 bridgehead atoms. The minimum Gasteiger partial charge on any atom is -0.393 e. The van der Waals surface area contributed by atoms with Gasteiger partial charge < -0.3 is 5.11 Å². The first-order valence-corrected chi connectivity index (χ1v) is 13.2. The zero-order chi connectivity index (χ0) is 21.7. The molecule has 0 spiro atoms. The number of allylic oxidation sites excluding steroid dienone is 4. The third-order valence-electron chi connectivity index (χ3n) is 10.8. The molecule has 1 N–H and O–H groups in total. The van der Waals surface area contributed by atoms with E-state index in [9.17, 15) is 5.11 Å². The van der Waals surface area contributed by atoms with Crippen molar-refractivity contribution in [3.05, 3.63) is 22.8 Å². The normalized spacial score (nSPS) is 43.8. The van der Waals surface area contributed by atoms with E-state index in [0.717, 1.165) is 36.5 Å². The molecule has 0 aromatic carbocycles. The molecule has 30 heavy (non-hydrogen) atoms. The molecule has 1 heteroatoms. The second-order valence-electron chi connectivity index (χ2n) is 12.4. The first-order chi connectivity index (χ1) is 14.2. The van der Waals surface area contributed by atoms with Crippen LogP contribution in [-0.2, 0) is 0 Å². The number of hydrogen-bond acceptors (Lipinski definition) is 1. The smallest absolute Gasteiger partial charge is 0.0543 e. The summed E-state index contributed by atoms with van der Waals surface area (Å²) in [6.07, 6.45) is 16.8. The second-order valence-corrected chi connectivity index (χ2v) is 12.4. The topological polar surface area (TPSA) is 20.2 Å². The summed E-state index contributed by atoms with van der Waals surface area (Å²) in [5, 5.41) is 10.3. The Morgan fingerprint density at radius 2 is 1.77 bits per heavy atom. The average molecular weight is 413 g/mol. The van der Waals surface area contributed by atoms with Crippen LogP contribution in [0.1, 0.15) is 112 Å². The minimum absolute atomic E-state index is 0.0441. The Kier molecular flexibility index (Phi) is 6.35. The van der Waals surface area contributed by atoms with Crippen molar-refractivity contribution in [1.82, 2.24) is 0 Å². The molecular weight excluding hydrogens is 364 g/mol. The van der Waals surface area contributed by atoms with Gasteiger partial charge in [0.15, 0.2) is 0 Å². The van der Waals surface area contributed by atoms with Crippen LogP contribution in [0.2, 0.25) is 0 Å². The van der Waals surface area contributed by atoms with E-state index >= 15 is 0 Å². The monoisotopic (exact) mass is 412 g/mol. The maximum absolute atomic E-state index is 10.3. The van der Waals surface area contributed by atoms with Crippen LogP contribution in [0, 0.1) is 40.4 Å². The molecule has 8 atom stereocenters. The zero-order valence-electron chi connectivity index (χ0n) is 20.8. The van der Waals surface area contributed by atoms with Crippen LogP contribution >= 0.6 is 0 Å². The van der Waals surface area contributed by atoms with Crippen LogP contribution in [0.4, 0.5) is 0 Å². The third-order valence-corrected chi connectivity index (χ3v) is 10.8. The fraction of sp³-hybridized carbons (Fsp3) is 0.862. The standard InChI is InChI=1S/C29H48O/c1-7-21(19(2)3)9-8-20(4)25-12-13-26-24-11-10-22-18-23(30)14-16-28(22,5)27(24)15-17-29(25,26)6/h11,20,22-23,25-27,30H,7-10,12-18H2,1-6H3/t20-,22+,23+,25-,26+,27+,28+,29-/m1/s1. The predicted molar refractivity (Wildman–Crippen MR) is 128 cm³/mol. The summed E-state index contributed by atoms with van der Waals surface area (Å²) in [6, 6.07) is 0. The van der Waals surface area contributed by atoms with E-state index in [1.54, 1.807) is 11.1 Å². The largest absolute Gasteiger partial charge is 0.393 e. The molecule has 3 fully saturated rings. The SMILES string of the molecule is CCC(CC[C@@H](C)[C@H]1CC[C@H]2C3=CC[C@H]4C[C@@H](O)CC[C@]4(C)[C@H]3CC[C@]12C)=C(C)C. The van der Waals surface area contributed by atoms with Crippen molar-refractivity contribution in [2.75, 3.05) is 0 Å². The first-order valence-electron chi connectivity index (χ1n) is 13.2. The highest BCUT2D eigenvalue weighted by Crippen LogP contribution is 2.67. The van der Waals surface area contributed by atoms with Gasteiger partial charge in [0.25, 0.3) is 0 Å². The summed E-state index contributed by atoms with van der Waals surface area (Å²) in [5.74, 6) is 4.09. The van der Waals surface area contributed by atoms with Crippen molar-refractivity contribution in [1.29, 1.82) is 0 Å². The summed E-state index contributed by atoms with van der Waals surface area (Å²) >= 11 is 0. The molecule has 1 nitrogen and oxygen atoms in total. The van der Waals surface area contributed by atoms with Gasteiger partial charge in [-0.25, -0.2) is 0 Å². The quantitative estimate of drug-likeness (QED) is 0.452. The van der Waals surface area contributed by atoms with Gasteiger partial charge in [-0.15, -0.1) is 0 Å². The van der Waals surface area contributed by atoms with Gasteiger partial charge in [-0.1, -0.05) is 50.5 Å². The van der Waals surface area contributed by atoms with Gasteiger partial charge in [-0.05, 0) is 125 Å². The number of fused-ring (bicyclic) bond motifs is 5. The second kappa shape index (κ2) is 8.42. The Bertz CT molecular complexity index is 697. The van der Waals surface area contributed by atoms with E-state index < -0.39 is 0 Å². The molecule has 3 saturated carbocycles. The van der Waals surface area contributed by atoms with Crippen molar-refractivity contribution < 1.29 is 5.11 Å². The summed E-state index contributed by atoms with van der Waals surface area (Å²) in [7, 11) is 0. The molecular formula is C29H48O. The average Bonchev–Trinajstić information content (AvgIpc) is 3.06. The lowest BCUT2D eigenvalue weighted by atomic mass is 9.47. The molecule has 4 aliphatic carbocycles. The number of aliphatic hydroxyl groups is 1. The van der Waals surface area contributed by atoms with Gasteiger partial charge in [0.05, 0.1) is 6.10 Å². The highest BCUT2D eigenvalue weighted by atomic mass is 16.3. The van der Waals surface area contributed by atoms with E-state index in [4.69, 9.17) is 0 Å². The highest BCUT2D eigenvalue weighted by molar-refractivity contribution is 5.27. The van der Waals surface area contributed by atoms with E-state index in [1.807, 2.05) is 5.57 Å². The number of rotatable bonds is 5. The van der Waals surface area contributed by atoms with Crippen LogP contribution in [0.3, 0.4) is 0 Å². The fourth-order valence-corrected chi connectivity index (χ4v) is 8.85. The molecule has 0 aliphatic heterocycles. The zero-order valence-corrected chi connectivity index (χ0v) is 20.8. The molecule has 170 valence electrons. The summed E-state index contributed by atoms with van der Waals surface area (Å²) < 4.78 is 0. The van der Waals surface area contributed by atoms with E-state index in [0.29, 0.717) is 16.7 Å². The van der Waals surface area contributed by atoms with Gasteiger partial charge in [0.2, 0.25) is 0 Å². The Morgan fingerprint density at radius 3 is 2.47 bits per heavy atom. The lowest BCUT2D eigenvalue weighted by Gasteiger charge is -2.57. The van der Waals surface area contributed by atoms with E-state index in [2.05, 4.69) is 47.6 Å². The van der Waals surface area contributed by atoms with Crippen molar-refractivity contribution >= 4 is 0 Å². The molecule has 0 aromatic heterocycles. The van der Waals surface area contributed by atoms with Gasteiger partial charge in [0.1, 0.15) is 0 Å². The van der Waals surface area contributed by atoms with Gasteiger partial charge in [-0.3, -0.25) is 0 Å². The summed E-state index contributed by atoms with van der Waals surface area (Å²) in [4.78, 5) is 0. The van der Waals surface area contributed by atoms with Crippen LogP contribution < -0.4 is 0 Å². The maximum Gasteiger partial charge on any atom is 0.0543 e. The first kappa shape index (κ1) is 22.6. The molecule has 0 saturated heterocycles. The van der Waals surface area contributed by atoms with Crippen LogP contribution in [0.15, 0.2) is 22.8 Å². The van der Waals surface area contributed by atoms with Crippen LogP contribution in [0.5, 0.6) is 0 Å². The van der Waals surface area contributed by atoms with Crippen molar-refractivity contribution in [2.24, 2.45) is 40.4 Å². The van der Waals surface area contributed by atoms with Gasteiger partial charge >= 0.3 is 0 Å². The van der Waals surface area contributed by atoms with E-state index in [1.165, 1.54) is 57.8 Å². The Morgan fingerprint density at radius 1 is 1.07 bits per heavy atom. The Labute approximate surface area is 186 Å². The number of hydrogen-bond donors (Lipinski definition) is 1. The van der Waals surface area contributed by atoms with Crippen molar-refractivity contribution in [3.8, 4) is 0 Å². The third kappa shape index (κ3) is 3.66. The van der Waals surface area contributed by atoms with Gasteiger partial charge in [-0.2, -0.15) is 0 Å². The molecule has 0 aromatic rings. The number of aliphatic hydroxyl groups excluding tert-OH is 1. The lowest BCUT2D eigenvalue weighted by molar-refractivity contribution is -0.0427. The fourth-order valence-electron chi connectivity index (χ4n) is 8.85. The van der Waals surface area contributed by atoms with E-state index in [-0.39, 0.29) is 6.10 Å². The molecule has 4 aliphatic rings. The predicted octanol–water partition coefficient (Wildman–Crippen LogP) is 8.09. The van der Waals surface area contributed by atoms with Crippen molar-refractivity contribution in [2.45, 2.75) is 118 Å². The summed E-state index contributed by atoms with van der Waals surface area (Å²) in [6.45, 7) is 14.7. The molecule has 4 rings (SSSR count).